The SMILES string of the molecule is COC(=O)[C@H](C)NC(=O)[C@@H]1CCCN1C(=O)[C@@H]1C[C@H]2Cc3cc(OC)ccc3[C@H]2N1C(C)=O. The van der Waals surface area contributed by atoms with Crippen LogP contribution in [0.2, 0.25) is 0 Å². The first kappa shape index (κ1) is 23.1. The Labute approximate surface area is 193 Å². The lowest BCUT2D eigenvalue weighted by Crippen LogP contribution is -2.54. The molecule has 2 fully saturated rings. The number of esters is 1. The van der Waals surface area contributed by atoms with E-state index in [0.29, 0.717) is 25.8 Å². The Morgan fingerprint density at radius 3 is 2.58 bits per heavy atom. The number of nitrogens with zero attached hydrogens (tertiary/aromatic N) is 2. The third-order valence-electron chi connectivity index (χ3n) is 7.16. The molecule has 2 saturated heterocycles. The van der Waals surface area contributed by atoms with Gasteiger partial charge in [-0.3, -0.25) is 14.4 Å². The quantitative estimate of drug-likeness (QED) is 0.666. The first-order valence-electron chi connectivity index (χ1n) is 11.4. The van der Waals surface area contributed by atoms with E-state index in [1.54, 1.807) is 23.8 Å². The average molecular weight is 458 g/mol. The summed E-state index contributed by atoms with van der Waals surface area (Å²) in [5.41, 5.74) is 2.21. The Bertz CT molecular complexity index is 979. The summed E-state index contributed by atoms with van der Waals surface area (Å²) in [7, 11) is 2.89. The first-order chi connectivity index (χ1) is 15.8. The second-order valence-electron chi connectivity index (χ2n) is 9.09. The predicted octanol–water partition coefficient (Wildman–Crippen LogP) is 1.20. The van der Waals surface area contributed by atoms with Gasteiger partial charge in [0.05, 0.1) is 20.3 Å². The fraction of sp³-hybridized carbons (Fsp3) is 0.583. The van der Waals surface area contributed by atoms with Crippen LogP contribution in [0.1, 0.15) is 50.3 Å². The molecule has 1 aromatic carbocycles. The molecule has 1 aliphatic carbocycles. The maximum absolute atomic E-state index is 13.6. The summed E-state index contributed by atoms with van der Waals surface area (Å²) in [6.07, 6.45) is 2.56. The maximum atomic E-state index is 13.6. The van der Waals surface area contributed by atoms with E-state index in [1.807, 2.05) is 18.2 Å². The van der Waals surface area contributed by atoms with Gasteiger partial charge in [0.1, 0.15) is 23.9 Å². The highest BCUT2D eigenvalue weighted by molar-refractivity contribution is 5.94. The number of ether oxygens (including phenoxy) is 2. The number of fused-ring (bicyclic) bond motifs is 3. The van der Waals surface area contributed by atoms with Crippen LogP contribution >= 0.6 is 0 Å². The Morgan fingerprint density at radius 1 is 1.15 bits per heavy atom. The van der Waals surface area contributed by atoms with Gasteiger partial charge in [0.25, 0.3) is 0 Å². The highest BCUT2D eigenvalue weighted by Crippen LogP contribution is 2.50. The van der Waals surface area contributed by atoms with Crippen LogP contribution in [0, 0.1) is 5.92 Å². The van der Waals surface area contributed by atoms with E-state index < -0.39 is 24.1 Å². The van der Waals surface area contributed by atoms with Crippen molar-refractivity contribution in [2.45, 2.75) is 63.7 Å². The van der Waals surface area contributed by atoms with Crippen molar-refractivity contribution < 1.29 is 28.7 Å². The molecule has 33 heavy (non-hydrogen) atoms. The molecule has 3 amide bonds. The number of benzene rings is 1. The Morgan fingerprint density at radius 2 is 1.91 bits per heavy atom. The van der Waals surface area contributed by atoms with E-state index in [0.717, 1.165) is 23.3 Å². The summed E-state index contributed by atoms with van der Waals surface area (Å²) in [6, 6.07) is 3.68. The van der Waals surface area contributed by atoms with Gasteiger partial charge >= 0.3 is 5.97 Å². The van der Waals surface area contributed by atoms with Gasteiger partial charge in [0.15, 0.2) is 0 Å². The van der Waals surface area contributed by atoms with Gasteiger partial charge in [-0.15, -0.1) is 0 Å². The number of methoxy groups -OCH3 is 2. The van der Waals surface area contributed by atoms with Gasteiger partial charge in [0.2, 0.25) is 17.7 Å². The van der Waals surface area contributed by atoms with Crippen molar-refractivity contribution in [3.63, 3.8) is 0 Å². The molecular weight excluding hydrogens is 426 g/mol. The van der Waals surface area contributed by atoms with E-state index in [-0.39, 0.29) is 29.7 Å². The second kappa shape index (κ2) is 9.03. The van der Waals surface area contributed by atoms with Crippen molar-refractivity contribution in [3.8, 4) is 5.75 Å². The molecule has 2 aliphatic heterocycles. The molecule has 1 aromatic rings. The largest absolute Gasteiger partial charge is 0.497 e. The highest BCUT2D eigenvalue weighted by Gasteiger charge is 2.52. The molecule has 0 saturated carbocycles. The summed E-state index contributed by atoms with van der Waals surface area (Å²) in [5, 5.41) is 2.65. The Hall–Kier alpha value is -3.10. The number of hydrogen-bond donors (Lipinski definition) is 1. The maximum Gasteiger partial charge on any atom is 0.328 e. The van der Waals surface area contributed by atoms with Crippen LogP contribution in [0.25, 0.3) is 0 Å². The van der Waals surface area contributed by atoms with E-state index in [9.17, 15) is 19.2 Å². The van der Waals surface area contributed by atoms with Crippen LogP contribution in [0.5, 0.6) is 5.75 Å². The van der Waals surface area contributed by atoms with Crippen molar-refractivity contribution >= 4 is 23.7 Å². The molecule has 9 heteroatoms. The smallest absolute Gasteiger partial charge is 0.328 e. The summed E-state index contributed by atoms with van der Waals surface area (Å²) in [4.78, 5) is 54.2. The summed E-state index contributed by atoms with van der Waals surface area (Å²) in [5.74, 6) is -0.325. The zero-order valence-electron chi connectivity index (χ0n) is 19.5. The number of hydrogen-bond acceptors (Lipinski definition) is 6. The lowest BCUT2D eigenvalue weighted by Gasteiger charge is -2.33. The van der Waals surface area contributed by atoms with E-state index >= 15 is 0 Å². The van der Waals surface area contributed by atoms with Crippen molar-refractivity contribution in [1.82, 2.24) is 15.1 Å². The molecule has 2 heterocycles. The normalized spacial score (nSPS) is 26.4. The summed E-state index contributed by atoms with van der Waals surface area (Å²) >= 11 is 0. The predicted molar refractivity (Wildman–Crippen MR) is 118 cm³/mol. The van der Waals surface area contributed by atoms with Crippen molar-refractivity contribution in [2.75, 3.05) is 20.8 Å². The average Bonchev–Trinajstić information content (AvgIpc) is 3.50. The molecule has 0 radical (unpaired) electrons. The topological polar surface area (TPSA) is 105 Å². The standard InChI is InChI=1S/C24H31N3O6/c1-13(24(31)33-4)25-22(29)19-6-5-9-26(19)23(30)20-12-16-10-15-11-17(32-3)7-8-18(15)21(16)27(20)14(2)28/h7-8,11,13,16,19-21H,5-6,9-10,12H2,1-4H3,(H,25,29)/t13-,16+,19-,20-,21-/m0/s1. The summed E-state index contributed by atoms with van der Waals surface area (Å²) < 4.78 is 10.0. The van der Waals surface area contributed by atoms with Crippen LogP contribution in [0.4, 0.5) is 0 Å². The number of amides is 3. The fourth-order valence-electron chi connectivity index (χ4n) is 5.68. The zero-order valence-corrected chi connectivity index (χ0v) is 19.5. The first-order valence-corrected chi connectivity index (χ1v) is 11.4. The number of carbonyl (C=O) groups excluding carboxylic acids is 4. The van der Waals surface area contributed by atoms with Crippen molar-refractivity contribution in [2.24, 2.45) is 5.92 Å². The monoisotopic (exact) mass is 457 g/mol. The minimum absolute atomic E-state index is 0.147. The fourth-order valence-corrected chi connectivity index (χ4v) is 5.68. The molecule has 0 bridgehead atoms. The molecule has 178 valence electrons. The van der Waals surface area contributed by atoms with E-state index in [4.69, 9.17) is 4.74 Å². The molecular formula is C24H31N3O6. The second-order valence-corrected chi connectivity index (χ2v) is 9.09. The zero-order chi connectivity index (χ0) is 23.9. The molecule has 0 aromatic heterocycles. The van der Waals surface area contributed by atoms with Crippen LogP contribution in [-0.4, -0.2) is 72.4 Å². The van der Waals surface area contributed by atoms with Gasteiger partial charge in [-0.1, -0.05) is 6.07 Å². The number of nitrogens with one attached hydrogen (secondary N) is 1. The minimum Gasteiger partial charge on any atom is -0.497 e. The number of rotatable bonds is 5. The molecule has 4 rings (SSSR count). The lowest BCUT2D eigenvalue weighted by molar-refractivity contribution is -0.148. The van der Waals surface area contributed by atoms with Crippen molar-refractivity contribution in [1.29, 1.82) is 0 Å². The highest BCUT2D eigenvalue weighted by atomic mass is 16.5. The number of carbonyl (C=O) groups is 4. The Kier molecular flexibility index (Phi) is 6.32. The van der Waals surface area contributed by atoms with Gasteiger partial charge in [0, 0.05) is 13.5 Å². The van der Waals surface area contributed by atoms with E-state index in [2.05, 4.69) is 10.1 Å². The van der Waals surface area contributed by atoms with Gasteiger partial charge in [-0.2, -0.15) is 0 Å². The summed E-state index contributed by atoms with van der Waals surface area (Å²) in [6.45, 7) is 3.50. The minimum atomic E-state index is -0.798. The molecule has 3 aliphatic rings. The van der Waals surface area contributed by atoms with Crippen LogP contribution in [0.3, 0.4) is 0 Å². The molecule has 0 unspecified atom stereocenters. The molecule has 1 N–H and O–H groups in total. The third kappa shape index (κ3) is 4.05. The van der Waals surface area contributed by atoms with Crippen molar-refractivity contribution in [3.05, 3.63) is 29.3 Å². The van der Waals surface area contributed by atoms with Crippen LogP contribution in [0.15, 0.2) is 18.2 Å². The van der Waals surface area contributed by atoms with Crippen LogP contribution in [-0.2, 0) is 30.3 Å². The molecule has 5 atom stereocenters. The van der Waals surface area contributed by atoms with Gasteiger partial charge in [-0.05, 0) is 61.8 Å². The number of likely N-dealkylation sites (tertiary alicyclic amines) is 2. The van der Waals surface area contributed by atoms with E-state index in [1.165, 1.54) is 14.0 Å². The lowest BCUT2D eigenvalue weighted by atomic mass is 9.99. The van der Waals surface area contributed by atoms with Crippen LogP contribution < -0.4 is 10.1 Å². The van der Waals surface area contributed by atoms with Gasteiger partial charge in [-0.25, -0.2) is 4.79 Å². The molecule has 9 nitrogen and oxygen atoms in total. The Balaban J connectivity index is 1.53. The van der Waals surface area contributed by atoms with Gasteiger partial charge < -0.3 is 24.6 Å². The molecule has 0 spiro atoms. The third-order valence-corrected chi connectivity index (χ3v) is 7.16.